The zero-order valence-electron chi connectivity index (χ0n) is 8.54. The lowest BCUT2D eigenvalue weighted by molar-refractivity contribution is 0.130. The first-order chi connectivity index (χ1) is 6.47. The van der Waals surface area contributed by atoms with Gasteiger partial charge in [0.05, 0.1) is 6.17 Å². The third kappa shape index (κ3) is 2.68. The number of hydrogen-bond donors (Lipinski definition) is 0. The summed E-state index contributed by atoms with van der Waals surface area (Å²) in [6.45, 7) is 3.71. The van der Waals surface area contributed by atoms with E-state index < -0.39 is 0 Å². The lowest BCUT2D eigenvalue weighted by Crippen LogP contribution is -2.44. The molecule has 2 aliphatic heterocycles. The SMILES string of the molecule is C1CC[N]C(N2CCCCC2)CC1. The molecule has 0 saturated carbocycles. The molecule has 2 saturated heterocycles. The molecule has 1 unspecified atom stereocenters. The molecule has 75 valence electrons. The van der Waals surface area contributed by atoms with Gasteiger partial charge in [-0.05, 0) is 38.8 Å². The standard InChI is InChI=1S/C11H21N2/c1-3-7-11(12-8-4-1)13-9-5-2-6-10-13/h11H,1-10H2. The van der Waals surface area contributed by atoms with Crippen molar-refractivity contribution in [2.24, 2.45) is 0 Å². The van der Waals surface area contributed by atoms with E-state index in [0.717, 1.165) is 6.54 Å². The zero-order chi connectivity index (χ0) is 8.93. The molecule has 0 spiro atoms. The Morgan fingerprint density at radius 1 is 0.846 bits per heavy atom. The average Bonchev–Trinajstić information content (AvgIpc) is 2.47. The molecule has 0 aliphatic carbocycles. The molecule has 2 heteroatoms. The van der Waals surface area contributed by atoms with E-state index in [-0.39, 0.29) is 0 Å². The summed E-state index contributed by atoms with van der Waals surface area (Å²) in [6.07, 6.45) is 10.2. The van der Waals surface area contributed by atoms with Gasteiger partial charge < -0.3 is 0 Å². The number of nitrogens with zero attached hydrogens (tertiary/aromatic N) is 2. The normalized spacial score (nSPS) is 32.8. The maximum absolute atomic E-state index is 4.77. The summed E-state index contributed by atoms with van der Waals surface area (Å²) >= 11 is 0. The molecule has 2 aliphatic rings. The van der Waals surface area contributed by atoms with E-state index in [1.807, 2.05) is 0 Å². The summed E-state index contributed by atoms with van der Waals surface area (Å²) in [5, 5.41) is 4.77. The van der Waals surface area contributed by atoms with Crippen LogP contribution in [0.1, 0.15) is 44.9 Å². The summed E-state index contributed by atoms with van der Waals surface area (Å²) in [5.41, 5.74) is 0. The summed E-state index contributed by atoms with van der Waals surface area (Å²) in [6, 6.07) is 0. The number of likely N-dealkylation sites (tertiary alicyclic amines) is 1. The highest BCUT2D eigenvalue weighted by Crippen LogP contribution is 2.17. The third-order valence-electron chi connectivity index (χ3n) is 3.27. The molecule has 0 aromatic carbocycles. The van der Waals surface area contributed by atoms with Gasteiger partial charge in [-0.3, -0.25) is 4.90 Å². The van der Waals surface area contributed by atoms with Crippen LogP contribution in [0.25, 0.3) is 0 Å². The molecule has 0 bridgehead atoms. The van der Waals surface area contributed by atoms with Crippen LogP contribution in [-0.4, -0.2) is 30.7 Å². The fourth-order valence-electron chi connectivity index (χ4n) is 2.46. The lowest BCUT2D eigenvalue weighted by atomic mass is 10.1. The molecule has 0 amide bonds. The molecular formula is C11H21N2. The molecular weight excluding hydrogens is 160 g/mol. The van der Waals surface area contributed by atoms with Gasteiger partial charge in [-0.25, -0.2) is 5.32 Å². The van der Waals surface area contributed by atoms with Crippen LogP contribution in [0.3, 0.4) is 0 Å². The molecule has 0 N–H and O–H groups in total. The Morgan fingerprint density at radius 3 is 2.46 bits per heavy atom. The Labute approximate surface area is 81.7 Å². The van der Waals surface area contributed by atoms with E-state index in [1.54, 1.807) is 0 Å². The zero-order valence-corrected chi connectivity index (χ0v) is 8.54. The first-order valence-electron chi connectivity index (χ1n) is 5.87. The predicted molar refractivity (Wildman–Crippen MR) is 54.7 cm³/mol. The van der Waals surface area contributed by atoms with Crippen LogP contribution in [0.5, 0.6) is 0 Å². The van der Waals surface area contributed by atoms with Gasteiger partial charge >= 0.3 is 0 Å². The number of piperidine rings is 1. The smallest absolute Gasteiger partial charge is 0.0760 e. The molecule has 1 radical (unpaired) electrons. The van der Waals surface area contributed by atoms with Crippen LogP contribution >= 0.6 is 0 Å². The van der Waals surface area contributed by atoms with Gasteiger partial charge in [0.25, 0.3) is 0 Å². The van der Waals surface area contributed by atoms with Crippen molar-refractivity contribution in [3.8, 4) is 0 Å². The molecule has 13 heavy (non-hydrogen) atoms. The lowest BCUT2D eigenvalue weighted by Gasteiger charge is -2.33. The molecule has 0 aromatic rings. The minimum atomic E-state index is 0.586. The van der Waals surface area contributed by atoms with Crippen molar-refractivity contribution in [2.75, 3.05) is 19.6 Å². The fraction of sp³-hybridized carbons (Fsp3) is 1.00. The summed E-state index contributed by atoms with van der Waals surface area (Å²) in [5.74, 6) is 0. The molecule has 2 nitrogen and oxygen atoms in total. The third-order valence-corrected chi connectivity index (χ3v) is 3.27. The Morgan fingerprint density at radius 2 is 1.62 bits per heavy atom. The molecule has 2 rings (SSSR count). The largest absolute Gasteiger partial charge is 0.287 e. The van der Waals surface area contributed by atoms with Crippen LogP contribution < -0.4 is 5.32 Å². The summed E-state index contributed by atoms with van der Waals surface area (Å²) < 4.78 is 0. The van der Waals surface area contributed by atoms with Gasteiger partial charge in [0.1, 0.15) is 0 Å². The first kappa shape index (κ1) is 9.47. The van der Waals surface area contributed by atoms with Crippen LogP contribution in [-0.2, 0) is 0 Å². The van der Waals surface area contributed by atoms with Crippen molar-refractivity contribution in [1.82, 2.24) is 10.2 Å². The molecule has 0 aromatic heterocycles. The van der Waals surface area contributed by atoms with Crippen molar-refractivity contribution in [1.29, 1.82) is 0 Å². The number of hydrogen-bond acceptors (Lipinski definition) is 1. The maximum atomic E-state index is 4.77. The highest BCUT2D eigenvalue weighted by molar-refractivity contribution is 4.75. The Hall–Kier alpha value is -0.0800. The van der Waals surface area contributed by atoms with Crippen molar-refractivity contribution >= 4 is 0 Å². The summed E-state index contributed by atoms with van der Waals surface area (Å²) in [7, 11) is 0. The van der Waals surface area contributed by atoms with E-state index in [1.165, 1.54) is 58.0 Å². The van der Waals surface area contributed by atoms with Crippen molar-refractivity contribution in [2.45, 2.75) is 51.1 Å². The monoisotopic (exact) mass is 181 g/mol. The second kappa shape index (κ2) is 4.97. The minimum absolute atomic E-state index is 0.586. The maximum Gasteiger partial charge on any atom is 0.0760 e. The van der Waals surface area contributed by atoms with Gasteiger partial charge in [0, 0.05) is 6.54 Å². The van der Waals surface area contributed by atoms with Crippen LogP contribution in [0, 0.1) is 0 Å². The quantitative estimate of drug-likeness (QED) is 0.604. The van der Waals surface area contributed by atoms with Crippen molar-refractivity contribution in [3.63, 3.8) is 0 Å². The van der Waals surface area contributed by atoms with E-state index in [4.69, 9.17) is 5.32 Å². The average molecular weight is 181 g/mol. The topological polar surface area (TPSA) is 17.3 Å². The second-order valence-electron chi connectivity index (χ2n) is 4.33. The van der Waals surface area contributed by atoms with Gasteiger partial charge in [-0.2, -0.15) is 0 Å². The highest BCUT2D eigenvalue weighted by Gasteiger charge is 2.21. The van der Waals surface area contributed by atoms with E-state index in [0.29, 0.717) is 6.17 Å². The van der Waals surface area contributed by atoms with Gasteiger partial charge in [0.15, 0.2) is 0 Å². The highest BCUT2D eigenvalue weighted by atomic mass is 15.3. The fourth-order valence-corrected chi connectivity index (χ4v) is 2.46. The van der Waals surface area contributed by atoms with Gasteiger partial charge in [-0.15, -0.1) is 0 Å². The van der Waals surface area contributed by atoms with E-state index >= 15 is 0 Å². The van der Waals surface area contributed by atoms with Gasteiger partial charge in [-0.1, -0.05) is 19.3 Å². The van der Waals surface area contributed by atoms with Crippen LogP contribution in [0.2, 0.25) is 0 Å². The predicted octanol–water partition coefficient (Wildman–Crippen LogP) is 1.98. The second-order valence-corrected chi connectivity index (χ2v) is 4.33. The van der Waals surface area contributed by atoms with Gasteiger partial charge in [0.2, 0.25) is 0 Å². The Kier molecular flexibility index (Phi) is 3.62. The minimum Gasteiger partial charge on any atom is -0.287 e. The van der Waals surface area contributed by atoms with Crippen LogP contribution in [0.4, 0.5) is 0 Å². The Balaban J connectivity index is 1.82. The van der Waals surface area contributed by atoms with Crippen molar-refractivity contribution < 1.29 is 0 Å². The molecule has 2 fully saturated rings. The summed E-state index contributed by atoms with van der Waals surface area (Å²) in [4.78, 5) is 2.61. The number of rotatable bonds is 1. The van der Waals surface area contributed by atoms with Crippen LogP contribution in [0.15, 0.2) is 0 Å². The van der Waals surface area contributed by atoms with E-state index in [9.17, 15) is 0 Å². The van der Waals surface area contributed by atoms with E-state index in [2.05, 4.69) is 4.90 Å². The van der Waals surface area contributed by atoms with Crippen molar-refractivity contribution in [3.05, 3.63) is 0 Å². The molecule has 2 heterocycles. The Bertz CT molecular complexity index is 133. The molecule has 1 atom stereocenters. The first-order valence-corrected chi connectivity index (χ1v) is 5.87.